The van der Waals surface area contributed by atoms with Crippen LogP contribution in [0.3, 0.4) is 0 Å². The zero-order valence-corrected chi connectivity index (χ0v) is 19.7. The molecule has 0 saturated heterocycles. The summed E-state index contributed by atoms with van der Waals surface area (Å²) < 4.78 is 11.2. The summed E-state index contributed by atoms with van der Waals surface area (Å²) in [4.78, 5) is 0. The highest BCUT2D eigenvalue weighted by molar-refractivity contribution is 6.33. The van der Waals surface area contributed by atoms with E-state index >= 15 is 0 Å². The molecule has 178 valence electrons. The van der Waals surface area contributed by atoms with Crippen molar-refractivity contribution >= 4 is 23.2 Å². The second-order valence-electron chi connectivity index (χ2n) is 7.58. The molecule has 0 aliphatic rings. The van der Waals surface area contributed by atoms with Crippen molar-refractivity contribution in [2.75, 3.05) is 32.9 Å². The minimum Gasteiger partial charge on any atom is -0.508 e. The van der Waals surface area contributed by atoms with Gasteiger partial charge < -0.3 is 30.1 Å². The summed E-state index contributed by atoms with van der Waals surface area (Å²) in [6.07, 6.45) is 3.52. The lowest BCUT2D eigenvalue weighted by Gasteiger charge is -2.14. The number of nitrogens with one attached hydrogen (secondary N) is 1. The van der Waals surface area contributed by atoms with E-state index in [2.05, 4.69) is 5.32 Å². The van der Waals surface area contributed by atoms with Crippen molar-refractivity contribution in [2.45, 2.75) is 45.0 Å². The number of benzene rings is 2. The van der Waals surface area contributed by atoms with Crippen molar-refractivity contribution in [3.05, 3.63) is 63.1 Å². The highest BCUT2D eigenvalue weighted by atomic mass is 35.5. The molecule has 0 aromatic heterocycles. The highest BCUT2D eigenvalue weighted by Gasteiger charge is 2.10. The van der Waals surface area contributed by atoms with E-state index in [9.17, 15) is 15.3 Å². The van der Waals surface area contributed by atoms with Gasteiger partial charge in [-0.25, -0.2) is 0 Å². The molecule has 0 radical (unpaired) electrons. The first-order valence-electron chi connectivity index (χ1n) is 10.9. The molecular formula is C24H33Cl2NO5. The van der Waals surface area contributed by atoms with Crippen molar-refractivity contribution in [1.29, 1.82) is 0 Å². The molecule has 1 atom stereocenters. The predicted molar refractivity (Wildman–Crippen MR) is 127 cm³/mol. The van der Waals surface area contributed by atoms with Crippen LogP contribution in [0.1, 0.15) is 48.5 Å². The average molecular weight is 486 g/mol. The van der Waals surface area contributed by atoms with E-state index in [4.69, 9.17) is 32.7 Å². The fourth-order valence-electron chi connectivity index (χ4n) is 3.16. The van der Waals surface area contributed by atoms with Gasteiger partial charge in [0.15, 0.2) is 0 Å². The number of hydrogen-bond donors (Lipinski definition) is 4. The fraction of sp³-hybridized carbons (Fsp3) is 0.500. The number of aromatic hydroxyl groups is 1. The van der Waals surface area contributed by atoms with Gasteiger partial charge in [-0.1, -0.05) is 42.1 Å². The summed E-state index contributed by atoms with van der Waals surface area (Å²) >= 11 is 12.0. The molecule has 0 unspecified atom stereocenters. The Morgan fingerprint density at radius 1 is 0.875 bits per heavy atom. The van der Waals surface area contributed by atoms with E-state index in [0.717, 1.165) is 37.8 Å². The van der Waals surface area contributed by atoms with E-state index < -0.39 is 6.10 Å². The van der Waals surface area contributed by atoms with Crippen molar-refractivity contribution < 1.29 is 24.8 Å². The fourth-order valence-corrected chi connectivity index (χ4v) is 3.53. The topological polar surface area (TPSA) is 91.2 Å². The second-order valence-corrected chi connectivity index (χ2v) is 8.42. The van der Waals surface area contributed by atoms with Crippen molar-refractivity contribution in [3.8, 4) is 5.75 Å². The molecule has 0 fully saturated rings. The summed E-state index contributed by atoms with van der Waals surface area (Å²) in [5.41, 5.74) is 1.97. The number of rotatable bonds is 16. The van der Waals surface area contributed by atoms with Gasteiger partial charge in [-0.05, 0) is 60.8 Å². The SMILES string of the molecule is OCc1cc([C@@H](O)CNCCCCCCOCCOCc2cc(Cl)ccc2Cl)ccc1O. The Labute approximate surface area is 200 Å². The largest absolute Gasteiger partial charge is 0.508 e. The molecule has 0 saturated carbocycles. The summed E-state index contributed by atoms with van der Waals surface area (Å²) in [7, 11) is 0. The monoisotopic (exact) mass is 485 g/mol. The Bertz CT molecular complexity index is 806. The lowest BCUT2D eigenvalue weighted by atomic mass is 10.1. The first-order chi connectivity index (χ1) is 15.5. The molecule has 0 aliphatic heterocycles. The molecule has 0 amide bonds. The van der Waals surface area contributed by atoms with Gasteiger partial charge >= 0.3 is 0 Å². The first kappa shape index (κ1) is 26.9. The molecule has 0 bridgehead atoms. The molecule has 32 heavy (non-hydrogen) atoms. The molecule has 2 aromatic rings. The van der Waals surface area contributed by atoms with Crippen LogP contribution >= 0.6 is 23.2 Å². The molecule has 2 rings (SSSR count). The number of halogens is 2. The van der Waals surface area contributed by atoms with Crippen molar-refractivity contribution in [1.82, 2.24) is 5.32 Å². The van der Waals surface area contributed by atoms with E-state index in [1.165, 1.54) is 6.07 Å². The normalized spacial score (nSPS) is 12.2. The zero-order valence-electron chi connectivity index (χ0n) is 18.2. The third-order valence-corrected chi connectivity index (χ3v) is 5.63. The van der Waals surface area contributed by atoms with Gasteiger partial charge in [0.25, 0.3) is 0 Å². The van der Waals surface area contributed by atoms with E-state index in [-0.39, 0.29) is 12.4 Å². The van der Waals surface area contributed by atoms with Crippen molar-refractivity contribution in [3.63, 3.8) is 0 Å². The van der Waals surface area contributed by atoms with Gasteiger partial charge in [0, 0.05) is 28.8 Å². The summed E-state index contributed by atoms with van der Waals surface area (Å²) in [5, 5.41) is 33.5. The summed E-state index contributed by atoms with van der Waals surface area (Å²) in [6.45, 7) is 3.18. The number of hydrogen-bond acceptors (Lipinski definition) is 6. The highest BCUT2D eigenvalue weighted by Crippen LogP contribution is 2.22. The Morgan fingerprint density at radius 3 is 2.47 bits per heavy atom. The van der Waals surface area contributed by atoms with Gasteiger partial charge in [-0.3, -0.25) is 0 Å². The zero-order chi connectivity index (χ0) is 23.2. The van der Waals surface area contributed by atoms with Gasteiger partial charge in [0.05, 0.1) is 32.5 Å². The Balaban J connectivity index is 1.41. The maximum atomic E-state index is 10.2. The molecule has 6 nitrogen and oxygen atoms in total. The summed E-state index contributed by atoms with van der Waals surface area (Å²) in [6, 6.07) is 10.1. The predicted octanol–water partition coefficient (Wildman–Crippen LogP) is 4.61. The van der Waals surface area contributed by atoms with Gasteiger partial charge in [0.2, 0.25) is 0 Å². The lowest BCUT2D eigenvalue weighted by Crippen LogP contribution is -2.22. The van der Waals surface area contributed by atoms with Gasteiger partial charge in [0.1, 0.15) is 5.75 Å². The maximum absolute atomic E-state index is 10.2. The maximum Gasteiger partial charge on any atom is 0.121 e. The molecule has 0 spiro atoms. The molecular weight excluding hydrogens is 453 g/mol. The van der Waals surface area contributed by atoms with Crippen LogP contribution in [0.25, 0.3) is 0 Å². The Kier molecular flexibility index (Phi) is 13.0. The average Bonchev–Trinajstić information content (AvgIpc) is 2.79. The number of aliphatic hydroxyl groups is 2. The van der Waals surface area contributed by atoms with Crippen LogP contribution in [0.15, 0.2) is 36.4 Å². The van der Waals surface area contributed by atoms with E-state index in [1.807, 2.05) is 0 Å². The molecule has 4 N–H and O–H groups in total. The Hall–Kier alpha value is -1.38. The van der Waals surface area contributed by atoms with Crippen LogP contribution < -0.4 is 5.32 Å². The third kappa shape index (κ3) is 10.0. The lowest BCUT2D eigenvalue weighted by molar-refractivity contribution is 0.0393. The quantitative estimate of drug-likeness (QED) is 0.259. The smallest absolute Gasteiger partial charge is 0.121 e. The van der Waals surface area contributed by atoms with Crippen LogP contribution in [0.4, 0.5) is 0 Å². The van der Waals surface area contributed by atoms with Crippen LogP contribution in [0, 0.1) is 0 Å². The second kappa shape index (κ2) is 15.5. The van der Waals surface area contributed by atoms with E-state index in [1.54, 1.807) is 30.3 Å². The first-order valence-corrected chi connectivity index (χ1v) is 11.7. The minimum atomic E-state index is -0.675. The molecule has 2 aromatic carbocycles. The molecule has 0 heterocycles. The van der Waals surface area contributed by atoms with E-state index in [0.29, 0.717) is 54.1 Å². The van der Waals surface area contributed by atoms with Gasteiger partial charge in [-0.2, -0.15) is 0 Å². The van der Waals surface area contributed by atoms with Crippen LogP contribution in [-0.2, 0) is 22.7 Å². The number of phenols is 1. The third-order valence-electron chi connectivity index (χ3n) is 5.03. The molecule has 0 aliphatic carbocycles. The van der Waals surface area contributed by atoms with Crippen LogP contribution in [-0.4, -0.2) is 48.2 Å². The van der Waals surface area contributed by atoms with Crippen LogP contribution in [0.2, 0.25) is 10.0 Å². The number of unbranched alkanes of at least 4 members (excludes halogenated alkanes) is 3. The number of ether oxygens (including phenoxy) is 2. The summed E-state index contributed by atoms with van der Waals surface area (Å²) in [5.74, 6) is 0.0374. The minimum absolute atomic E-state index is 0.0374. The standard InChI is InChI=1S/C24H33Cl2NO5/c25-21-6-7-22(26)20(14-21)17-32-12-11-31-10-4-2-1-3-9-27-15-24(30)18-5-8-23(29)19(13-18)16-28/h5-8,13-14,24,27-30H,1-4,9-12,15-17H2/t24-/m0/s1. The van der Waals surface area contributed by atoms with Gasteiger partial charge in [-0.15, -0.1) is 0 Å². The van der Waals surface area contributed by atoms with Crippen LogP contribution in [0.5, 0.6) is 5.75 Å². The Morgan fingerprint density at radius 2 is 1.66 bits per heavy atom. The number of aliphatic hydroxyl groups excluding tert-OH is 2. The molecule has 8 heteroatoms. The van der Waals surface area contributed by atoms with Crippen molar-refractivity contribution in [2.24, 2.45) is 0 Å².